The molecule has 1 N–H and O–H groups in total. The highest BCUT2D eigenvalue weighted by Gasteiger charge is 2.26. The van der Waals surface area contributed by atoms with Crippen LogP contribution in [0.4, 0.5) is 11.4 Å². The summed E-state index contributed by atoms with van der Waals surface area (Å²) in [6.45, 7) is 10.1. The van der Waals surface area contributed by atoms with Gasteiger partial charge in [0.2, 0.25) is 0 Å². The van der Waals surface area contributed by atoms with Gasteiger partial charge in [0.15, 0.2) is 6.29 Å². The fourth-order valence-corrected chi connectivity index (χ4v) is 4.71. The third-order valence-corrected chi connectivity index (χ3v) is 6.72. The van der Waals surface area contributed by atoms with E-state index in [4.69, 9.17) is 4.74 Å². The second-order valence-electron chi connectivity index (χ2n) is 9.02. The van der Waals surface area contributed by atoms with Gasteiger partial charge in [-0.15, -0.1) is 0 Å². The average molecular weight is 492 g/mol. The van der Waals surface area contributed by atoms with Gasteiger partial charge in [-0.05, 0) is 42.5 Å². The molecule has 2 aromatic carbocycles. The molecule has 2 heterocycles. The Balaban J connectivity index is 1.34. The maximum absolute atomic E-state index is 12.8. The van der Waals surface area contributed by atoms with Crippen LogP contribution in [0.1, 0.15) is 31.1 Å². The summed E-state index contributed by atoms with van der Waals surface area (Å²) in [4.78, 5) is 42.2. The molecule has 9 nitrogen and oxygen atoms in total. The quantitative estimate of drug-likeness (QED) is 0.422. The Morgan fingerprint density at radius 2 is 1.75 bits per heavy atom. The lowest BCUT2D eigenvalue weighted by Gasteiger charge is -2.40. The number of hydrazine groups is 1. The average Bonchev–Trinajstić information content (AvgIpc) is 2.93. The van der Waals surface area contributed by atoms with Crippen LogP contribution >= 0.6 is 0 Å². The molecule has 36 heavy (non-hydrogen) atoms. The lowest BCUT2D eigenvalue weighted by Crippen LogP contribution is -2.52. The van der Waals surface area contributed by atoms with Crippen molar-refractivity contribution in [2.75, 3.05) is 69.3 Å². The fourth-order valence-electron chi connectivity index (χ4n) is 4.71. The maximum atomic E-state index is 12.8. The summed E-state index contributed by atoms with van der Waals surface area (Å²) in [7, 11) is 1.60. The van der Waals surface area contributed by atoms with Crippen LogP contribution in [-0.4, -0.2) is 94.0 Å². The number of carbonyl (C=O) groups excluding carboxylic acids is 3. The molecule has 190 valence electrons. The van der Waals surface area contributed by atoms with Crippen LogP contribution in [0.2, 0.25) is 0 Å². The van der Waals surface area contributed by atoms with Gasteiger partial charge in [-0.1, -0.05) is 6.58 Å². The van der Waals surface area contributed by atoms with Crippen LogP contribution in [-0.2, 0) is 4.74 Å². The van der Waals surface area contributed by atoms with Gasteiger partial charge in [-0.25, -0.2) is 0 Å². The molecule has 1 atom stereocenters. The molecule has 4 rings (SSSR count). The maximum Gasteiger partial charge on any atom is 0.272 e. The van der Waals surface area contributed by atoms with Gasteiger partial charge in [-0.3, -0.25) is 24.3 Å². The number of amides is 1. The molecular formula is C27H33N5O4. The van der Waals surface area contributed by atoms with Gasteiger partial charge in [-0.2, -0.15) is 0 Å². The third-order valence-electron chi connectivity index (χ3n) is 6.72. The Kier molecular flexibility index (Phi) is 8.35. The van der Waals surface area contributed by atoms with Crippen LogP contribution in [0.25, 0.3) is 0 Å². The smallest absolute Gasteiger partial charge is 0.272 e. The lowest BCUT2D eigenvalue weighted by molar-refractivity contribution is 0.0147. The van der Waals surface area contributed by atoms with Crippen molar-refractivity contribution in [3.8, 4) is 0 Å². The highest BCUT2D eigenvalue weighted by atomic mass is 16.5. The molecule has 2 aliphatic heterocycles. The van der Waals surface area contributed by atoms with E-state index in [1.165, 1.54) is 11.2 Å². The van der Waals surface area contributed by atoms with Crippen molar-refractivity contribution >= 4 is 29.9 Å². The molecular weight excluding hydrogens is 458 g/mol. The molecule has 0 saturated carbocycles. The summed E-state index contributed by atoms with van der Waals surface area (Å²) < 4.78 is 6.06. The van der Waals surface area contributed by atoms with Gasteiger partial charge in [0, 0.05) is 81.6 Å². The third kappa shape index (κ3) is 5.92. The first-order chi connectivity index (χ1) is 17.5. The van der Waals surface area contributed by atoms with Crippen molar-refractivity contribution in [2.45, 2.75) is 6.10 Å². The van der Waals surface area contributed by atoms with E-state index < -0.39 is 0 Å². The monoisotopic (exact) mass is 491 g/mol. The molecule has 1 unspecified atom stereocenters. The number of benzene rings is 2. The molecule has 0 aliphatic carbocycles. The summed E-state index contributed by atoms with van der Waals surface area (Å²) in [6.07, 6.45) is 3.10. The summed E-state index contributed by atoms with van der Waals surface area (Å²) in [5.41, 5.74) is 6.17. The summed E-state index contributed by atoms with van der Waals surface area (Å²) >= 11 is 0. The standard InChI is InChI=1S/C27H33N5O4/c1-3-28-29(2)27(35)26-16-24(9-6-22(26)20-34)31-12-10-30(11-13-31)17-25-18-32(14-15-36-25)23-7-4-21(19-33)5-8-23/h3-9,16,19-20,25,28H,1,10-15,17-18H2,2H3. The van der Waals surface area contributed by atoms with Crippen LogP contribution in [0.3, 0.4) is 0 Å². The van der Waals surface area contributed by atoms with Crippen LogP contribution in [0.5, 0.6) is 0 Å². The molecule has 9 heteroatoms. The molecule has 2 aliphatic rings. The number of nitrogens with zero attached hydrogens (tertiary/aromatic N) is 4. The Labute approximate surface area is 211 Å². The predicted octanol–water partition coefficient (Wildman–Crippen LogP) is 2.06. The molecule has 2 saturated heterocycles. The number of ether oxygens (including phenoxy) is 1. The Morgan fingerprint density at radius 3 is 2.42 bits per heavy atom. The van der Waals surface area contributed by atoms with Crippen molar-refractivity contribution in [1.82, 2.24) is 15.3 Å². The van der Waals surface area contributed by atoms with Gasteiger partial charge in [0.25, 0.3) is 5.91 Å². The molecule has 2 fully saturated rings. The molecule has 1 amide bonds. The van der Waals surface area contributed by atoms with E-state index in [2.05, 4.69) is 26.7 Å². The van der Waals surface area contributed by atoms with Gasteiger partial charge in [0.1, 0.15) is 6.29 Å². The van der Waals surface area contributed by atoms with E-state index in [9.17, 15) is 14.4 Å². The highest BCUT2D eigenvalue weighted by molar-refractivity contribution is 6.02. The summed E-state index contributed by atoms with van der Waals surface area (Å²) in [5, 5.41) is 1.31. The number of hydrogen-bond donors (Lipinski definition) is 1. The first-order valence-electron chi connectivity index (χ1n) is 12.2. The lowest BCUT2D eigenvalue weighted by atomic mass is 10.1. The first-order valence-corrected chi connectivity index (χ1v) is 12.2. The number of hydrogen-bond acceptors (Lipinski definition) is 8. The number of morpholine rings is 1. The van der Waals surface area contributed by atoms with E-state index >= 15 is 0 Å². The van der Waals surface area contributed by atoms with Crippen LogP contribution in [0.15, 0.2) is 55.2 Å². The highest BCUT2D eigenvalue weighted by Crippen LogP contribution is 2.23. The van der Waals surface area contributed by atoms with E-state index in [1.807, 2.05) is 30.3 Å². The van der Waals surface area contributed by atoms with Gasteiger partial charge < -0.3 is 20.0 Å². The SMILES string of the molecule is C=CNN(C)C(=O)c1cc(N2CCN(CC3CN(c4ccc(C=O)cc4)CCO3)CC2)ccc1C=O. The van der Waals surface area contributed by atoms with Gasteiger partial charge >= 0.3 is 0 Å². The van der Waals surface area contributed by atoms with Crippen LogP contribution in [0, 0.1) is 0 Å². The van der Waals surface area contributed by atoms with Crippen molar-refractivity contribution < 1.29 is 19.1 Å². The summed E-state index contributed by atoms with van der Waals surface area (Å²) in [5.74, 6) is -0.294. The number of aldehydes is 2. The molecule has 0 bridgehead atoms. The zero-order valence-corrected chi connectivity index (χ0v) is 20.6. The van der Waals surface area contributed by atoms with Crippen molar-refractivity contribution in [3.05, 3.63) is 71.9 Å². The van der Waals surface area contributed by atoms with Gasteiger partial charge in [0.05, 0.1) is 18.3 Å². The predicted molar refractivity (Wildman–Crippen MR) is 140 cm³/mol. The molecule has 2 aromatic rings. The number of carbonyl (C=O) groups is 3. The van der Waals surface area contributed by atoms with Crippen molar-refractivity contribution in [1.29, 1.82) is 0 Å². The number of nitrogens with one attached hydrogen (secondary N) is 1. The van der Waals surface area contributed by atoms with E-state index in [-0.39, 0.29) is 12.0 Å². The minimum Gasteiger partial charge on any atom is -0.373 e. The van der Waals surface area contributed by atoms with E-state index in [0.717, 1.165) is 63.5 Å². The Morgan fingerprint density at radius 1 is 1.03 bits per heavy atom. The van der Waals surface area contributed by atoms with Crippen LogP contribution < -0.4 is 15.2 Å². The normalized spacial score (nSPS) is 18.4. The fraction of sp³-hybridized carbons (Fsp3) is 0.370. The first kappa shape index (κ1) is 25.4. The van der Waals surface area contributed by atoms with Crippen molar-refractivity contribution in [2.24, 2.45) is 0 Å². The minimum absolute atomic E-state index is 0.111. The zero-order chi connectivity index (χ0) is 25.5. The minimum atomic E-state index is -0.294. The zero-order valence-electron chi connectivity index (χ0n) is 20.6. The summed E-state index contributed by atoms with van der Waals surface area (Å²) in [6, 6.07) is 13.1. The second kappa shape index (κ2) is 11.8. The Hall–Kier alpha value is -3.69. The number of rotatable bonds is 9. The molecule has 0 spiro atoms. The second-order valence-corrected chi connectivity index (χ2v) is 9.02. The van der Waals surface area contributed by atoms with E-state index in [1.54, 1.807) is 19.2 Å². The number of piperazine rings is 1. The largest absolute Gasteiger partial charge is 0.373 e. The topological polar surface area (TPSA) is 85.4 Å². The Bertz CT molecular complexity index is 1080. The number of anilines is 2. The molecule has 0 aromatic heterocycles. The van der Waals surface area contributed by atoms with E-state index in [0.29, 0.717) is 29.6 Å². The van der Waals surface area contributed by atoms with Crippen molar-refractivity contribution in [3.63, 3.8) is 0 Å². The molecule has 0 radical (unpaired) electrons.